The Morgan fingerprint density at radius 2 is 1.95 bits per heavy atom. The maximum Gasteiger partial charge on any atom is 0.337 e. The van der Waals surface area contributed by atoms with Crippen LogP contribution in [0.3, 0.4) is 0 Å². The Morgan fingerprint density at radius 1 is 1.29 bits per heavy atom. The molecular formula is C15H17N3O3. The molecule has 0 saturated carbocycles. The summed E-state index contributed by atoms with van der Waals surface area (Å²) in [7, 11) is 1.75. The number of carboxylic acids is 1. The summed E-state index contributed by atoms with van der Waals surface area (Å²) in [6.07, 6.45) is 1.33. The summed E-state index contributed by atoms with van der Waals surface area (Å²) < 4.78 is 0. The average molecular weight is 287 g/mol. The first-order valence-corrected chi connectivity index (χ1v) is 6.63. The molecule has 1 amide bonds. The highest BCUT2D eigenvalue weighted by molar-refractivity contribution is 6.06. The molecule has 6 heteroatoms. The topological polar surface area (TPSA) is 82.5 Å². The maximum atomic E-state index is 11.7. The molecule has 6 nitrogen and oxygen atoms in total. The molecule has 0 radical (unpaired) electrons. The number of likely N-dealkylation sites (N-methyl/N-ethyl adjacent to an activating group) is 2. The minimum absolute atomic E-state index is 0.104. The molecule has 0 spiro atoms. The van der Waals surface area contributed by atoms with E-state index in [2.05, 4.69) is 10.3 Å². The van der Waals surface area contributed by atoms with Crippen molar-refractivity contribution in [2.75, 3.05) is 25.0 Å². The van der Waals surface area contributed by atoms with Gasteiger partial charge in [-0.1, -0.05) is 24.3 Å². The van der Waals surface area contributed by atoms with Gasteiger partial charge in [0, 0.05) is 30.6 Å². The zero-order valence-corrected chi connectivity index (χ0v) is 12.0. The summed E-state index contributed by atoms with van der Waals surface area (Å²) in [5.74, 6) is -0.535. The maximum absolute atomic E-state index is 11.7. The van der Waals surface area contributed by atoms with Crippen molar-refractivity contribution in [1.82, 2.24) is 10.3 Å². The Bertz CT molecular complexity index is 685. The molecule has 0 aliphatic carbocycles. The number of hydrogen-bond donors (Lipinski definition) is 2. The van der Waals surface area contributed by atoms with E-state index in [4.69, 9.17) is 0 Å². The smallest absolute Gasteiger partial charge is 0.337 e. The summed E-state index contributed by atoms with van der Waals surface area (Å²) in [5, 5.41) is 13.3. The van der Waals surface area contributed by atoms with Crippen LogP contribution < -0.4 is 10.2 Å². The molecule has 1 aromatic heterocycles. The molecule has 21 heavy (non-hydrogen) atoms. The van der Waals surface area contributed by atoms with Crippen molar-refractivity contribution in [2.24, 2.45) is 0 Å². The standard InChI is InChI=1S/C15H17N3O3/c1-3-16-13(19)9-18(2)14-11-7-5-4-6-10(11)12(8-17-14)15(20)21/h4-8H,3,9H2,1-2H3,(H,16,19)(H,20,21). The Hall–Kier alpha value is -2.63. The van der Waals surface area contributed by atoms with Crippen LogP contribution in [-0.2, 0) is 4.79 Å². The van der Waals surface area contributed by atoms with Gasteiger partial charge in [0.1, 0.15) is 5.82 Å². The third-order valence-electron chi connectivity index (χ3n) is 3.12. The molecular weight excluding hydrogens is 270 g/mol. The zero-order valence-electron chi connectivity index (χ0n) is 12.0. The number of benzene rings is 1. The van der Waals surface area contributed by atoms with Crippen LogP contribution in [0.5, 0.6) is 0 Å². The van der Waals surface area contributed by atoms with E-state index in [1.165, 1.54) is 6.20 Å². The lowest BCUT2D eigenvalue weighted by atomic mass is 10.1. The van der Waals surface area contributed by atoms with Gasteiger partial charge >= 0.3 is 5.97 Å². The van der Waals surface area contributed by atoms with Crippen molar-refractivity contribution in [3.05, 3.63) is 36.0 Å². The van der Waals surface area contributed by atoms with Crippen LogP contribution in [0, 0.1) is 0 Å². The molecule has 1 aromatic carbocycles. The fourth-order valence-electron chi connectivity index (χ4n) is 2.20. The van der Waals surface area contributed by atoms with Gasteiger partial charge in [0.15, 0.2) is 0 Å². The first kappa shape index (κ1) is 14.8. The minimum atomic E-state index is -1.02. The minimum Gasteiger partial charge on any atom is -0.478 e. The molecule has 2 N–H and O–H groups in total. The Balaban J connectivity index is 2.43. The van der Waals surface area contributed by atoms with Crippen molar-refractivity contribution in [3.63, 3.8) is 0 Å². The van der Waals surface area contributed by atoms with Crippen molar-refractivity contribution >= 4 is 28.5 Å². The summed E-state index contributed by atoms with van der Waals surface area (Å²) in [6, 6.07) is 7.14. The predicted molar refractivity (Wildman–Crippen MR) is 80.7 cm³/mol. The van der Waals surface area contributed by atoms with E-state index < -0.39 is 5.97 Å². The van der Waals surface area contributed by atoms with Gasteiger partial charge in [-0.3, -0.25) is 4.79 Å². The number of carbonyl (C=O) groups is 2. The molecule has 0 bridgehead atoms. The molecule has 0 fully saturated rings. The highest BCUT2D eigenvalue weighted by atomic mass is 16.4. The molecule has 2 rings (SSSR count). The SMILES string of the molecule is CCNC(=O)CN(C)c1ncc(C(=O)O)c2ccccc12. The van der Waals surface area contributed by atoms with Crippen molar-refractivity contribution in [2.45, 2.75) is 6.92 Å². The number of nitrogens with zero attached hydrogens (tertiary/aromatic N) is 2. The second kappa shape index (κ2) is 6.21. The van der Waals surface area contributed by atoms with Gasteiger partial charge < -0.3 is 15.3 Å². The largest absolute Gasteiger partial charge is 0.478 e. The average Bonchev–Trinajstić information content (AvgIpc) is 2.45. The van der Waals surface area contributed by atoms with E-state index in [0.29, 0.717) is 23.1 Å². The first-order valence-electron chi connectivity index (χ1n) is 6.63. The van der Waals surface area contributed by atoms with Crippen LogP contribution in [-0.4, -0.2) is 42.1 Å². The highest BCUT2D eigenvalue weighted by Crippen LogP contribution is 2.26. The summed E-state index contributed by atoms with van der Waals surface area (Å²) in [4.78, 5) is 28.8. The molecule has 2 aromatic rings. The van der Waals surface area contributed by atoms with Gasteiger partial charge in [0.05, 0.1) is 12.1 Å². The lowest BCUT2D eigenvalue weighted by Gasteiger charge is -2.19. The molecule has 0 unspecified atom stereocenters. The number of carboxylic acid groups (broad SMARTS) is 1. The number of aromatic carboxylic acids is 1. The molecule has 110 valence electrons. The molecule has 0 aliphatic rings. The van der Waals surface area contributed by atoms with Crippen LogP contribution in [0.1, 0.15) is 17.3 Å². The van der Waals surface area contributed by atoms with Gasteiger partial charge in [0.25, 0.3) is 0 Å². The van der Waals surface area contributed by atoms with Crippen LogP contribution in [0.4, 0.5) is 5.82 Å². The number of aromatic nitrogens is 1. The quantitative estimate of drug-likeness (QED) is 0.871. The van der Waals surface area contributed by atoms with Gasteiger partial charge in [-0.05, 0) is 6.92 Å². The van der Waals surface area contributed by atoms with E-state index in [1.54, 1.807) is 30.1 Å². The zero-order chi connectivity index (χ0) is 15.4. The van der Waals surface area contributed by atoms with Gasteiger partial charge in [-0.25, -0.2) is 9.78 Å². The molecule has 0 saturated heterocycles. The number of rotatable bonds is 5. The van der Waals surface area contributed by atoms with Crippen LogP contribution in [0.15, 0.2) is 30.5 Å². The Morgan fingerprint density at radius 3 is 2.57 bits per heavy atom. The monoisotopic (exact) mass is 287 g/mol. The van der Waals surface area contributed by atoms with Crippen molar-refractivity contribution in [3.8, 4) is 0 Å². The normalized spacial score (nSPS) is 10.4. The number of carbonyl (C=O) groups excluding carboxylic acids is 1. The second-order valence-corrected chi connectivity index (χ2v) is 4.66. The number of pyridine rings is 1. The van der Waals surface area contributed by atoms with Crippen LogP contribution in [0.2, 0.25) is 0 Å². The fourth-order valence-corrected chi connectivity index (χ4v) is 2.20. The fraction of sp³-hybridized carbons (Fsp3) is 0.267. The molecule has 1 heterocycles. The van der Waals surface area contributed by atoms with E-state index in [-0.39, 0.29) is 18.0 Å². The number of fused-ring (bicyclic) bond motifs is 1. The van der Waals surface area contributed by atoms with Crippen LogP contribution in [0.25, 0.3) is 10.8 Å². The third-order valence-corrected chi connectivity index (χ3v) is 3.12. The predicted octanol–water partition coefficient (Wildman–Crippen LogP) is 1.51. The third kappa shape index (κ3) is 3.10. The van der Waals surface area contributed by atoms with Crippen LogP contribution >= 0.6 is 0 Å². The molecule has 0 aliphatic heterocycles. The number of amides is 1. The van der Waals surface area contributed by atoms with E-state index in [0.717, 1.165) is 0 Å². The lowest BCUT2D eigenvalue weighted by Crippen LogP contribution is -2.35. The highest BCUT2D eigenvalue weighted by Gasteiger charge is 2.15. The summed E-state index contributed by atoms with van der Waals surface area (Å²) in [5.41, 5.74) is 0.153. The number of anilines is 1. The van der Waals surface area contributed by atoms with Gasteiger partial charge in [-0.15, -0.1) is 0 Å². The lowest BCUT2D eigenvalue weighted by molar-refractivity contribution is -0.119. The number of nitrogens with one attached hydrogen (secondary N) is 1. The van der Waals surface area contributed by atoms with E-state index in [9.17, 15) is 14.7 Å². The first-order chi connectivity index (χ1) is 10.0. The Kier molecular flexibility index (Phi) is 4.37. The number of hydrogen-bond acceptors (Lipinski definition) is 4. The molecule has 0 atom stereocenters. The summed E-state index contributed by atoms with van der Waals surface area (Å²) in [6.45, 7) is 2.59. The Labute approximate surface area is 122 Å². The van der Waals surface area contributed by atoms with Crippen molar-refractivity contribution < 1.29 is 14.7 Å². The van der Waals surface area contributed by atoms with Gasteiger partial charge in [0.2, 0.25) is 5.91 Å². The van der Waals surface area contributed by atoms with E-state index in [1.807, 2.05) is 13.0 Å². The second-order valence-electron chi connectivity index (χ2n) is 4.66. The van der Waals surface area contributed by atoms with Gasteiger partial charge in [-0.2, -0.15) is 0 Å². The van der Waals surface area contributed by atoms with Crippen molar-refractivity contribution in [1.29, 1.82) is 0 Å². The van der Waals surface area contributed by atoms with E-state index >= 15 is 0 Å². The summed E-state index contributed by atoms with van der Waals surface area (Å²) >= 11 is 0.